The van der Waals surface area contributed by atoms with Crippen LogP contribution in [0.15, 0.2) is 29.3 Å². The van der Waals surface area contributed by atoms with Crippen molar-refractivity contribution in [1.82, 2.24) is 0 Å². The first kappa shape index (κ1) is 9.21. The molecular weight excluding hydrogens is 178 g/mol. The van der Waals surface area contributed by atoms with E-state index in [1.165, 1.54) is 5.56 Å². The third kappa shape index (κ3) is 2.12. The van der Waals surface area contributed by atoms with Gasteiger partial charge < -0.3 is 9.47 Å². The molecule has 0 spiro atoms. The summed E-state index contributed by atoms with van der Waals surface area (Å²) in [7, 11) is 1.67. The number of benzene rings is 1. The van der Waals surface area contributed by atoms with E-state index >= 15 is 0 Å². The molecule has 0 radical (unpaired) electrons. The molecule has 0 bridgehead atoms. The van der Waals surface area contributed by atoms with Crippen molar-refractivity contribution < 1.29 is 9.47 Å². The molecule has 0 saturated carbocycles. The summed E-state index contributed by atoms with van der Waals surface area (Å²) < 4.78 is 10.1. The van der Waals surface area contributed by atoms with Gasteiger partial charge in [0.2, 0.25) is 0 Å². The Morgan fingerprint density at radius 3 is 2.50 bits per heavy atom. The maximum absolute atomic E-state index is 5.07. The van der Waals surface area contributed by atoms with Crippen molar-refractivity contribution in [2.75, 3.05) is 20.3 Å². The minimum absolute atomic E-state index is 0.705. The Labute approximate surface area is 83.4 Å². The lowest BCUT2D eigenvalue weighted by Gasteiger charge is -2.15. The standard InChI is InChI=1S/C11H13NO2/c1-13-11-4-2-9(3-5-11)6-12-10-7-14-8-10/h2-5H,6-8H2,1H3. The van der Waals surface area contributed by atoms with Gasteiger partial charge in [0.05, 0.1) is 32.6 Å². The number of methoxy groups -OCH3 is 1. The van der Waals surface area contributed by atoms with Crippen LogP contribution in [0.4, 0.5) is 0 Å². The van der Waals surface area contributed by atoms with Crippen LogP contribution in [0.1, 0.15) is 5.56 Å². The normalized spacial score (nSPS) is 14.8. The Hall–Kier alpha value is -1.35. The van der Waals surface area contributed by atoms with Crippen LogP contribution in [0.2, 0.25) is 0 Å². The van der Waals surface area contributed by atoms with Gasteiger partial charge in [-0.3, -0.25) is 4.99 Å². The Morgan fingerprint density at radius 1 is 1.29 bits per heavy atom. The molecule has 0 aliphatic carbocycles. The monoisotopic (exact) mass is 191 g/mol. The Balaban J connectivity index is 1.95. The minimum atomic E-state index is 0.705. The molecule has 3 heteroatoms. The van der Waals surface area contributed by atoms with E-state index in [0.29, 0.717) is 13.2 Å². The number of nitrogens with zero attached hydrogens (tertiary/aromatic N) is 1. The lowest BCUT2D eigenvalue weighted by Crippen LogP contribution is -2.27. The highest BCUT2D eigenvalue weighted by Gasteiger charge is 2.09. The predicted molar refractivity (Wildman–Crippen MR) is 55.0 cm³/mol. The molecule has 1 aromatic rings. The van der Waals surface area contributed by atoms with Gasteiger partial charge in [0, 0.05) is 0 Å². The number of ether oxygens (including phenoxy) is 2. The fraction of sp³-hybridized carbons (Fsp3) is 0.364. The highest BCUT2D eigenvalue weighted by atomic mass is 16.5. The summed E-state index contributed by atoms with van der Waals surface area (Å²) in [5.41, 5.74) is 2.35. The summed E-state index contributed by atoms with van der Waals surface area (Å²) in [6.45, 7) is 2.15. The Morgan fingerprint density at radius 2 is 2.00 bits per heavy atom. The number of hydrogen-bond donors (Lipinski definition) is 0. The molecule has 1 aliphatic rings. The quantitative estimate of drug-likeness (QED) is 0.727. The van der Waals surface area contributed by atoms with Crippen LogP contribution >= 0.6 is 0 Å². The van der Waals surface area contributed by atoms with Gasteiger partial charge in [-0.2, -0.15) is 0 Å². The van der Waals surface area contributed by atoms with Crippen molar-refractivity contribution in [3.63, 3.8) is 0 Å². The van der Waals surface area contributed by atoms with E-state index in [-0.39, 0.29) is 0 Å². The molecule has 2 rings (SSSR count). The van der Waals surface area contributed by atoms with Gasteiger partial charge in [-0.15, -0.1) is 0 Å². The fourth-order valence-electron chi connectivity index (χ4n) is 1.22. The SMILES string of the molecule is COc1ccc(CN=C2COC2)cc1. The topological polar surface area (TPSA) is 30.8 Å². The van der Waals surface area contributed by atoms with Crippen LogP contribution in [0, 0.1) is 0 Å². The molecule has 3 nitrogen and oxygen atoms in total. The fourth-order valence-corrected chi connectivity index (χ4v) is 1.22. The van der Waals surface area contributed by atoms with Gasteiger partial charge >= 0.3 is 0 Å². The third-order valence-electron chi connectivity index (χ3n) is 2.18. The molecule has 0 N–H and O–H groups in total. The van der Waals surface area contributed by atoms with Gasteiger partial charge in [-0.1, -0.05) is 12.1 Å². The third-order valence-corrected chi connectivity index (χ3v) is 2.18. The maximum Gasteiger partial charge on any atom is 0.118 e. The average Bonchev–Trinajstić information content (AvgIpc) is 2.16. The zero-order valence-corrected chi connectivity index (χ0v) is 8.19. The molecule has 1 aromatic carbocycles. The van der Waals surface area contributed by atoms with Crippen LogP contribution in [0.25, 0.3) is 0 Å². The van der Waals surface area contributed by atoms with E-state index in [9.17, 15) is 0 Å². The molecule has 0 aromatic heterocycles. The first-order valence-electron chi connectivity index (χ1n) is 4.61. The summed E-state index contributed by atoms with van der Waals surface area (Å²) in [6.07, 6.45) is 0. The molecule has 74 valence electrons. The van der Waals surface area contributed by atoms with Crippen molar-refractivity contribution in [1.29, 1.82) is 0 Å². The van der Waals surface area contributed by atoms with Gasteiger partial charge in [0.1, 0.15) is 5.75 Å². The minimum Gasteiger partial charge on any atom is -0.497 e. The molecule has 1 fully saturated rings. The molecule has 0 atom stereocenters. The summed E-state index contributed by atoms with van der Waals surface area (Å²) in [5, 5.41) is 0. The van der Waals surface area contributed by atoms with Crippen molar-refractivity contribution in [2.24, 2.45) is 4.99 Å². The molecule has 1 heterocycles. The number of rotatable bonds is 3. The van der Waals surface area contributed by atoms with E-state index in [0.717, 1.165) is 18.0 Å². The van der Waals surface area contributed by atoms with Crippen LogP contribution in [0.3, 0.4) is 0 Å². The van der Waals surface area contributed by atoms with E-state index in [2.05, 4.69) is 4.99 Å². The zero-order chi connectivity index (χ0) is 9.80. The van der Waals surface area contributed by atoms with Crippen LogP contribution in [0.5, 0.6) is 5.75 Å². The van der Waals surface area contributed by atoms with Crippen molar-refractivity contribution in [3.8, 4) is 5.75 Å². The summed E-state index contributed by atoms with van der Waals surface area (Å²) >= 11 is 0. The number of aliphatic imine (C=N–C) groups is 1. The van der Waals surface area contributed by atoms with Crippen molar-refractivity contribution in [3.05, 3.63) is 29.8 Å². The van der Waals surface area contributed by atoms with Gasteiger partial charge in [-0.25, -0.2) is 0 Å². The molecule has 0 amide bonds. The Bertz CT molecular complexity index is 324. The molecule has 1 saturated heterocycles. The number of hydrogen-bond acceptors (Lipinski definition) is 3. The van der Waals surface area contributed by atoms with E-state index in [1.807, 2.05) is 24.3 Å². The zero-order valence-electron chi connectivity index (χ0n) is 8.19. The van der Waals surface area contributed by atoms with Gasteiger partial charge in [0.25, 0.3) is 0 Å². The second-order valence-corrected chi connectivity index (χ2v) is 3.22. The highest BCUT2D eigenvalue weighted by Crippen LogP contribution is 2.12. The summed E-state index contributed by atoms with van der Waals surface area (Å²) in [5.74, 6) is 0.883. The van der Waals surface area contributed by atoms with E-state index < -0.39 is 0 Å². The molecule has 14 heavy (non-hydrogen) atoms. The van der Waals surface area contributed by atoms with Crippen molar-refractivity contribution >= 4 is 5.71 Å². The van der Waals surface area contributed by atoms with Gasteiger partial charge in [0.15, 0.2) is 0 Å². The summed E-state index contributed by atoms with van der Waals surface area (Å²) in [6, 6.07) is 7.96. The lowest BCUT2D eigenvalue weighted by atomic mass is 10.2. The van der Waals surface area contributed by atoms with Crippen molar-refractivity contribution in [2.45, 2.75) is 6.54 Å². The molecule has 1 aliphatic heterocycles. The first-order valence-corrected chi connectivity index (χ1v) is 4.61. The Kier molecular flexibility index (Phi) is 2.79. The van der Waals surface area contributed by atoms with E-state index in [4.69, 9.17) is 9.47 Å². The van der Waals surface area contributed by atoms with Crippen LogP contribution < -0.4 is 4.74 Å². The second kappa shape index (κ2) is 4.24. The van der Waals surface area contributed by atoms with Crippen LogP contribution in [-0.4, -0.2) is 26.0 Å². The maximum atomic E-state index is 5.07. The first-order chi connectivity index (χ1) is 6.88. The lowest BCUT2D eigenvalue weighted by molar-refractivity contribution is 0.158. The average molecular weight is 191 g/mol. The predicted octanol–water partition coefficient (Wildman–Crippen LogP) is 1.67. The smallest absolute Gasteiger partial charge is 0.118 e. The molecule has 0 unspecified atom stereocenters. The largest absolute Gasteiger partial charge is 0.497 e. The molecular formula is C11H13NO2. The highest BCUT2D eigenvalue weighted by molar-refractivity contribution is 5.90. The van der Waals surface area contributed by atoms with Crippen LogP contribution in [-0.2, 0) is 11.3 Å². The van der Waals surface area contributed by atoms with Gasteiger partial charge in [-0.05, 0) is 17.7 Å². The van der Waals surface area contributed by atoms with E-state index in [1.54, 1.807) is 7.11 Å². The second-order valence-electron chi connectivity index (χ2n) is 3.22. The summed E-state index contributed by atoms with van der Waals surface area (Å²) in [4.78, 5) is 4.41.